The molecule has 2 saturated heterocycles. The Kier molecular flexibility index (Phi) is 2.73. The molecule has 2 heterocycles. The second-order valence-corrected chi connectivity index (χ2v) is 4.97. The average molecular weight is 212 g/mol. The molecule has 0 aliphatic carbocycles. The Bertz CT molecular complexity index is 267. The third-order valence-electron chi connectivity index (χ3n) is 3.93. The first kappa shape index (κ1) is 10.9. The highest BCUT2D eigenvalue weighted by atomic mass is 16.3. The normalized spacial score (nSPS) is 35.5. The van der Waals surface area contributed by atoms with E-state index in [1.54, 1.807) is 19.0 Å². The molecule has 0 aromatic rings. The van der Waals surface area contributed by atoms with Gasteiger partial charge in [0.05, 0.1) is 12.6 Å². The standard InChI is InChI=1S/C11H20N2O2/c1-12(2)10(15)9-4-6-11(8-14)5-3-7-13(9)11/h9,14H,3-8H2,1-2H3/t9-,11-/m1/s1. The third kappa shape index (κ3) is 1.56. The first-order chi connectivity index (χ1) is 7.10. The van der Waals surface area contributed by atoms with Crippen molar-refractivity contribution in [3.05, 3.63) is 0 Å². The summed E-state index contributed by atoms with van der Waals surface area (Å²) in [5, 5.41) is 9.50. The van der Waals surface area contributed by atoms with Gasteiger partial charge < -0.3 is 10.0 Å². The van der Waals surface area contributed by atoms with Gasteiger partial charge in [0, 0.05) is 19.6 Å². The summed E-state index contributed by atoms with van der Waals surface area (Å²) in [5.74, 6) is 0.187. The molecule has 2 fully saturated rings. The molecule has 4 nitrogen and oxygen atoms in total. The van der Waals surface area contributed by atoms with Crippen LogP contribution in [0.4, 0.5) is 0 Å². The summed E-state index contributed by atoms with van der Waals surface area (Å²) >= 11 is 0. The van der Waals surface area contributed by atoms with Crippen LogP contribution in [0.1, 0.15) is 25.7 Å². The molecule has 2 aliphatic rings. The van der Waals surface area contributed by atoms with Crippen LogP contribution in [0.3, 0.4) is 0 Å². The van der Waals surface area contributed by atoms with Crippen molar-refractivity contribution in [2.45, 2.75) is 37.3 Å². The van der Waals surface area contributed by atoms with Crippen molar-refractivity contribution in [3.63, 3.8) is 0 Å². The van der Waals surface area contributed by atoms with Gasteiger partial charge in [-0.3, -0.25) is 9.69 Å². The van der Waals surface area contributed by atoms with Gasteiger partial charge in [-0.25, -0.2) is 0 Å². The molecule has 15 heavy (non-hydrogen) atoms. The minimum Gasteiger partial charge on any atom is -0.394 e. The van der Waals surface area contributed by atoms with E-state index in [1.807, 2.05) is 0 Å². The van der Waals surface area contributed by atoms with Crippen molar-refractivity contribution in [3.8, 4) is 0 Å². The van der Waals surface area contributed by atoms with Gasteiger partial charge in [-0.05, 0) is 32.2 Å². The summed E-state index contributed by atoms with van der Waals surface area (Å²) in [5.41, 5.74) is -0.0731. The van der Waals surface area contributed by atoms with E-state index in [0.717, 1.165) is 32.2 Å². The molecule has 0 bridgehead atoms. The number of carbonyl (C=O) groups is 1. The Morgan fingerprint density at radius 1 is 1.53 bits per heavy atom. The summed E-state index contributed by atoms with van der Waals surface area (Å²) in [7, 11) is 3.61. The van der Waals surface area contributed by atoms with Crippen LogP contribution in [0, 0.1) is 0 Å². The second kappa shape index (κ2) is 3.76. The molecule has 86 valence electrons. The minimum absolute atomic E-state index is 0.00894. The second-order valence-electron chi connectivity index (χ2n) is 4.97. The molecule has 2 atom stereocenters. The molecular formula is C11H20N2O2. The topological polar surface area (TPSA) is 43.8 Å². The predicted octanol–water partition coefficient (Wildman–Crippen LogP) is 0.0639. The van der Waals surface area contributed by atoms with Gasteiger partial charge in [0.15, 0.2) is 0 Å². The maximum absolute atomic E-state index is 11.9. The van der Waals surface area contributed by atoms with E-state index in [2.05, 4.69) is 4.90 Å². The molecule has 0 spiro atoms. The minimum atomic E-state index is -0.0731. The van der Waals surface area contributed by atoms with Crippen LogP contribution >= 0.6 is 0 Å². The van der Waals surface area contributed by atoms with Gasteiger partial charge in [-0.2, -0.15) is 0 Å². The van der Waals surface area contributed by atoms with Crippen LogP contribution in [0.5, 0.6) is 0 Å². The van der Waals surface area contributed by atoms with Crippen molar-refractivity contribution in [2.75, 3.05) is 27.2 Å². The number of amides is 1. The highest BCUT2D eigenvalue weighted by Gasteiger charge is 2.51. The quantitative estimate of drug-likeness (QED) is 0.704. The Morgan fingerprint density at radius 3 is 2.87 bits per heavy atom. The first-order valence-corrected chi connectivity index (χ1v) is 5.69. The number of likely N-dealkylation sites (N-methyl/N-ethyl adjacent to an activating group) is 1. The molecule has 2 rings (SSSR count). The Morgan fingerprint density at radius 2 is 2.27 bits per heavy atom. The number of aliphatic hydroxyl groups is 1. The summed E-state index contributed by atoms with van der Waals surface area (Å²) in [6.45, 7) is 1.16. The lowest BCUT2D eigenvalue weighted by Gasteiger charge is -2.33. The van der Waals surface area contributed by atoms with Gasteiger partial charge >= 0.3 is 0 Å². The maximum atomic E-state index is 11.9. The van der Waals surface area contributed by atoms with E-state index in [9.17, 15) is 9.90 Å². The fraction of sp³-hybridized carbons (Fsp3) is 0.909. The van der Waals surface area contributed by atoms with Crippen molar-refractivity contribution in [1.29, 1.82) is 0 Å². The molecule has 0 saturated carbocycles. The number of rotatable bonds is 2. The summed E-state index contributed by atoms with van der Waals surface area (Å²) in [4.78, 5) is 15.8. The predicted molar refractivity (Wildman–Crippen MR) is 57.5 cm³/mol. The van der Waals surface area contributed by atoms with Crippen molar-refractivity contribution < 1.29 is 9.90 Å². The van der Waals surface area contributed by atoms with E-state index in [4.69, 9.17) is 0 Å². The maximum Gasteiger partial charge on any atom is 0.239 e. The smallest absolute Gasteiger partial charge is 0.239 e. The zero-order chi connectivity index (χ0) is 11.1. The van der Waals surface area contributed by atoms with Crippen LogP contribution in [0.15, 0.2) is 0 Å². The molecule has 0 unspecified atom stereocenters. The van der Waals surface area contributed by atoms with E-state index in [-0.39, 0.29) is 24.1 Å². The molecule has 0 radical (unpaired) electrons. The molecule has 4 heteroatoms. The Balaban J connectivity index is 2.15. The summed E-state index contributed by atoms with van der Waals surface area (Å²) in [6, 6.07) is 0.00894. The molecule has 0 aromatic carbocycles. The van der Waals surface area contributed by atoms with E-state index >= 15 is 0 Å². The average Bonchev–Trinajstić information content (AvgIpc) is 2.74. The number of fused-ring (bicyclic) bond motifs is 1. The SMILES string of the molecule is CN(C)C(=O)[C@H]1CC[C@@]2(CO)CCCN12. The number of nitrogens with zero attached hydrogens (tertiary/aromatic N) is 2. The van der Waals surface area contributed by atoms with Crippen LogP contribution in [-0.4, -0.2) is 59.6 Å². The fourth-order valence-corrected chi connectivity index (χ4v) is 3.08. The lowest BCUT2D eigenvalue weighted by atomic mass is 9.95. The molecule has 0 aromatic heterocycles. The molecule has 1 N–H and O–H groups in total. The van der Waals surface area contributed by atoms with Crippen LogP contribution in [0.25, 0.3) is 0 Å². The van der Waals surface area contributed by atoms with Crippen LogP contribution in [0.2, 0.25) is 0 Å². The first-order valence-electron chi connectivity index (χ1n) is 5.69. The monoisotopic (exact) mass is 212 g/mol. The van der Waals surface area contributed by atoms with Crippen molar-refractivity contribution in [1.82, 2.24) is 9.80 Å². The van der Waals surface area contributed by atoms with Gasteiger partial charge in [0.2, 0.25) is 5.91 Å². The highest BCUT2D eigenvalue weighted by Crippen LogP contribution is 2.42. The lowest BCUT2D eigenvalue weighted by Crippen LogP contribution is -2.50. The van der Waals surface area contributed by atoms with Crippen molar-refractivity contribution >= 4 is 5.91 Å². The molecule has 1 amide bonds. The zero-order valence-electron chi connectivity index (χ0n) is 9.57. The Hall–Kier alpha value is -0.610. The fourth-order valence-electron chi connectivity index (χ4n) is 3.08. The molecule has 2 aliphatic heterocycles. The summed E-state index contributed by atoms with van der Waals surface area (Å²) < 4.78 is 0. The number of hydrogen-bond donors (Lipinski definition) is 1. The van der Waals surface area contributed by atoms with Gasteiger partial charge in [0.25, 0.3) is 0 Å². The van der Waals surface area contributed by atoms with Gasteiger partial charge in [-0.15, -0.1) is 0 Å². The van der Waals surface area contributed by atoms with E-state index in [0.29, 0.717) is 0 Å². The zero-order valence-corrected chi connectivity index (χ0v) is 9.57. The number of carbonyl (C=O) groups excluding carboxylic acids is 1. The molecular weight excluding hydrogens is 192 g/mol. The highest BCUT2D eigenvalue weighted by molar-refractivity contribution is 5.82. The third-order valence-corrected chi connectivity index (χ3v) is 3.93. The largest absolute Gasteiger partial charge is 0.394 e. The van der Waals surface area contributed by atoms with Crippen LogP contribution < -0.4 is 0 Å². The Labute approximate surface area is 90.9 Å². The lowest BCUT2D eigenvalue weighted by molar-refractivity contribution is -0.134. The van der Waals surface area contributed by atoms with Crippen LogP contribution in [-0.2, 0) is 4.79 Å². The van der Waals surface area contributed by atoms with Crippen molar-refractivity contribution in [2.24, 2.45) is 0 Å². The summed E-state index contributed by atoms with van der Waals surface area (Å²) in [6.07, 6.45) is 4.02. The van der Waals surface area contributed by atoms with Gasteiger partial charge in [-0.1, -0.05) is 0 Å². The van der Waals surface area contributed by atoms with Gasteiger partial charge in [0.1, 0.15) is 0 Å². The number of hydrogen-bond acceptors (Lipinski definition) is 3. The number of aliphatic hydroxyl groups excluding tert-OH is 1. The van der Waals surface area contributed by atoms with E-state index < -0.39 is 0 Å². The van der Waals surface area contributed by atoms with E-state index in [1.165, 1.54) is 0 Å².